The molecule has 0 N–H and O–H groups in total. The molecule has 0 saturated heterocycles. The largest absolute Gasteiger partial charge is 0.301 e. The highest BCUT2D eigenvalue weighted by Crippen LogP contribution is 2.22. The molecule has 0 atom stereocenters. The molecule has 1 heterocycles. The van der Waals surface area contributed by atoms with Gasteiger partial charge in [0.15, 0.2) is 5.82 Å². The number of nitrogens with zero attached hydrogens (tertiary/aromatic N) is 3. The van der Waals surface area contributed by atoms with Crippen LogP contribution in [0.15, 0.2) is 55.2 Å². The molecule has 0 unspecified atom stereocenters. The fourth-order valence-corrected chi connectivity index (χ4v) is 1.89. The molecule has 0 spiro atoms. The van der Waals surface area contributed by atoms with Crippen molar-refractivity contribution in [2.24, 2.45) is 0 Å². The predicted octanol–water partition coefficient (Wildman–Crippen LogP) is 5.11. The molecule has 0 aliphatic rings. The standard InChI is InChI=1S/C18H25N3/c1-7-11-17(15(6)9-3)21(10-4)18-13-19-16(12-20-18)14(5)8-2/h7,10-13H,4-5,8-9H2,1-3,6H3/b11-7-,17-15+. The SMILES string of the molecule is C=CN(C(/C=C\C)=C(\C)CC)c1cnc(C(=C)CC)cn1. The molecule has 1 rings (SSSR count). The molecule has 0 saturated carbocycles. The molecule has 0 aliphatic heterocycles. The maximum atomic E-state index is 4.50. The van der Waals surface area contributed by atoms with Gasteiger partial charge < -0.3 is 4.90 Å². The molecule has 21 heavy (non-hydrogen) atoms. The van der Waals surface area contributed by atoms with Crippen molar-refractivity contribution in [3.05, 3.63) is 60.9 Å². The van der Waals surface area contributed by atoms with E-state index in [0.717, 1.165) is 35.6 Å². The molecule has 3 nitrogen and oxygen atoms in total. The Labute approximate surface area is 128 Å². The van der Waals surface area contributed by atoms with Crippen LogP contribution in [0.25, 0.3) is 5.57 Å². The van der Waals surface area contributed by atoms with Gasteiger partial charge in [0.2, 0.25) is 0 Å². The molecular formula is C18H25N3. The van der Waals surface area contributed by atoms with E-state index in [1.165, 1.54) is 5.57 Å². The second-order valence-corrected chi connectivity index (χ2v) is 4.79. The third-order valence-electron chi connectivity index (χ3n) is 3.41. The van der Waals surface area contributed by atoms with Crippen molar-refractivity contribution in [2.75, 3.05) is 4.90 Å². The molecule has 1 aromatic rings. The Morgan fingerprint density at radius 1 is 1.24 bits per heavy atom. The first-order valence-corrected chi connectivity index (χ1v) is 7.33. The summed E-state index contributed by atoms with van der Waals surface area (Å²) in [6.07, 6.45) is 11.2. The van der Waals surface area contributed by atoms with Gasteiger partial charge in [0, 0.05) is 11.9 Å². The monoisotopic (exact) mass is 283 g/mol. The van der Waals surface area contributed by atoms with Crippen molar-refractivity contribution < 1.29 is 0 Å². The Kier molecular flexibility index (Phi) is 6.60. The van der Waals surface area contributed by atoms with Crippen LogP contribution in [0.2, 0.25) is 0 Å². The molecular weight excluding hydrogens is 258 g/mol. The average molecular weight is 283 g/mol. The third kappa shape index (κ3) is 4.15. The Hall–Kier alpha value is -2.16. The van der Waals surface area contributed by atoms with Gasteiger partial charge in [0.1, 0.15) is 0 Å². The zero-order valence-corrected chi connectivity index (χ0v) is 13.6. The molecule has 1 aromatic heterocycles. The van der Waals surface area contributed by atoms with E-state index in [0.29, 0.717) is 0 Å². The normalized spacial score (nSPS) is 12.2. The lowest BCUT2D eigenvalue weighted by molar-refractivity contribution is 1.01. The van der Waals surface area contributed by atoms with E-state index in [9.17, 15) is 0 Å². The van der Waals surface area contributed by atoms with E-state index < -0.39 is 0 Å². The Morgan fingerprint density at radius 2 is 1.95 bits per heavy atom. The van der Waals surface area contributed by atoms with Crippen molar-refractivity contribution in [1.29, 1.82) is 0 Å². The van der Waals surface area contributed by atoms with Crippen LogP contribution in [0, 0.1) is 0 Å². The molecule has 0 fully saturated rings. The van der Waals surface area contributed by atoms with E-state index in [1.54, 1.807) is 18.6 Å². The zero-order valence-electron chi connectivity index (χ0n) is 13.6. The van der Waals surface area contributed by atoms with E-state index in [-0.39, 0.29) is 0 Å². The van der Waals surface area contributed by atoms with Gasteiger partial charge in [-0.2, -0.15) is 0 Å². The van der Waals surface area contributed by atoms with Crippen LogP contribution in [-0.4, -0.2) is 9.97 Å². The van der Waals surface area contributed by atoms with Crippen LogP contribution in [0.4, 0.5) is 5.82 Å². The summed E-state index contributed by atoms with van der Waals surface area (Å²) in [6.45, 7) is 16.2. The molecule has 0 aliphatic carbocycles. The van der Waals surface area contributed by atoms with Gasteiger partial charge in [-0.05, 0) is 43.9 Å². The summed E-state index contributed by atoms with van der Waals surface area (Å²) in [6, 6.07) is 0. The van der Waals surface area contributed by atoms with Gasteiger partial charge in [-0.15, -0.1) is 0 Å². The van der Waals surface area contributed by atoms with Crippen LogP contribution in [0.3, 0.4) is 0 Å². The predicted molar refractivity (Wildman–Crippen MR) is 91.8 cm³/mol. The molecule has 3 heteroatoms. The number of rotatable bonds is 7. The lowest BCUT2D eigenvalue weighted by Gasteiger charge is -2.22. The fraction of sp³-hybridized carbons (Fsp3) is 0.333. The minimum absolute atomic E-state index is 0.763. The Balaban J connectivity index is 3.21. The first-order valence-electron chi connectivity index (χ1n) is 7.33. The summed E-state index contributed by atoms with van der Waals surface area (Å²) in [5, 5.41) is 0. The van der Waals surface area contributed by atoms with Crippen molar-refractivity contribution in [3.63, 3.8) is 0 Å². The van der Waals surface area contributed by atoms with Crippen molar-refractivity contribution >= 4 is 11.4 Å². The van der Waals surface area contributed by atoms with E-state index in [4.69, 9.17) is 0 Å². The fourth-order valence-electron chi connectivity index (χ4n) is 1.89. The van der Waals surface area contributed by atoms with Crippen LogP contribution in [0.1, 0.15) is 46.2 Å². The van der Waals surface area contributed by atoms with E-state index in [1.807, 2.05) is 17.9 Å². The van der Waals surface area contributed by atoms with Gasteiger partial charge in [-0.3, -0.25) is 4.98 Å². The molecule has 0 bridgehead atoms. The van der Waals surface area contributed by atoms with Gasteiger partial charge in [-0.1, -0.05) is 33.1 Å². The minimum atomic E-state index is 0.763. The number of hydrogen-bond acceptors (Lipinski definition) is 3. The quantitative estimate of drug-likeness (QED) is 0.651. The molecule has 112 valence electrons. The Morgan fingerprint density at radius 3 is 2.38 bits per heavy atom. The minimum Gasteiger partial charge on any atom is -0.301 e. The summed E-state index contributed by atoms with van der Waals surface area (Å²) in [5.41, 5.74) is 4.20. The van der Waals surface area contributed by atoms with Crippen molar-refractivity contribution in [3.8, 4) is 0 Å². The van der Waals surface area contributed by atoms with E-state index >= 15 is 0 Å². The number of hydrogen-bond donors (Lipinski definition) is 0. The zero-order chi connectivity index (χ0) is 15.8. The highest BCUT2D eigenvalue weighted by atomic mass is 15.2. The highest BCUT2D eigenvalue weighted by molar-refractivity contribution is 5.60. The first-order chi connectivity index (χ1) is 10.1. The van der Waals surface area contributed by atoms with Crippen molar-refractivity contribution in [2.45, 2.75) is 40.5 Å². The van der Waals surface area contributed by atoms with Gasteiger partial charge >= 0.3 is 0 Å². The summed E-state index contributed by atoms with van der Waals surface area (Å²) in [5.74, 6) is 0.763. The summed E-state index contributed by atoms with van der Waals surface area (Å²) in [4.78, 5) is 10.9. The average Bonchev–Trinajstić information content (AvgIpc) is 2.53. The molecule has 0 aromatic carbocycles. The van der Waals surface area contributed by atoms with Crippen LogP contribution < -0.4 is 4.90 Å². The second kappa shape index (κ2) is 8.20. The highest BCUT2D eigenvalue weighted by Gasteiger charge is 2.11. The number of aromatic nitrogens is 2. The van der Waals surface area contributed by atoms with Gasteiger partial charge in [0.05, 0.1) is 18.1 Å². The first kappa shape index (κ1) is 16.9. The van der Waals surface area contributed by atoms with Crippen molar-refractivity contribution in [1.82, 2.24) is 9.97 Å². The lowest BCUT2D eigenvalue weighted by Crippen LogP contribution is -2.17. The van der Waals surface area contributed by atoms with Gasteiger partial charge in [-0.25, -0.2) is 4.98 Å². The molecule has 0 radical (unpaired) electrons. The van der Waals surface area contributed by atoms with Crippen LogP contribution in [0.5, 0.6) is 0 Å². The summed E-state index contributed by atoms with van der Waals surface area (Å²) >= 11 is 0. The third-order valence-corrected chi connectivity index (χ3v) is 3.41. The maximum absolute atomic E-state index is 4.50. The smallest absolute Gasteiger partial charge is 0.155 e. The van der Waals surface area contributed by atoms with Gasteiger partial charge in [0.25, 0.3) is 0 Å². The number of anilines is 1. The maximum Gasteiger partial charge on any atom is 0.155 e. The van der Waals surface area contributed by atoms with E-state index in [2.05, 4.69) is 50.0 Å². The van der Waals surface area contributed by atoms with Crippen LogP contribution in [-0.2, 0) is 0 Å². The second-order valence-electron chi connectivity index (χ2n) is 4.79. The molecule has 0 amide bonds. The lowest BCUT2D eigenvalue weighted by atomic mass is 10.1. The topological polar surface area (TPSA) is 29.0 Å². The Bertz CT molecular complexity index is 550. The van der Waals surface area contributed by atoms with Crippen LogP contribution >= 0.6 is 0 Å². The number of allylic oxidation sites excluding steroid dienone is 4. The summed E-state index contributed by atoms with van der Waals surface area (Å²) < 4.78 is 0. The summed E-state index contributed by atoms with van der Waals surface area (Å²) in [7, 11) is 0.